The zero-order valence-electron chi connectivity index (χ0n) is 18.2. The van der Waals surface area contributed by atoms with E-state index < -0.39 is 15.6 Å². The van der Waals surface area contributed by atoms with Gasteiger partial charge in [0.25, 0.3) is 15.6 Å². The molecule has 0 atom stereocenters. The van der Waals surface area contributed by atoms with Gasteiger partial charge in [0.1, 0.15) is 18.8 Å². The van der Waals surface area contributed by atoms with Gasteiger partial charge in [0.05, 0.1) is 11.4 Å². The number of benzene rings is 1. The van der Waals surface area contributed by atoms with E-state index in [0.29, 0.717) is 12.1 Å². The largest absolute Gasteiger partial charge is 0.391 e. The number of hydrogen-bond donors (Lipinski definition) is 3. The lowest BCUT2D eigenvalue weighted by Crippen LogP contribution is -2.37. The van der Waals surface area contributed by atoms with Crippen LogP contribution >= 0.6 is 0 Å². The predicted molar refractivity (Wildman–Crippen MR) is 121 cm³/mol. The quantitative estimate of drug-likeness (QED) is 0.195. The first-order valence-electron chi connectivity index (χ1n) is 9.82. The number of oxime groups is 1. The van der Waals surface area contributed by atoms with Crippen molar-refractivity contribution < 1.29 is 18.0 Å². The molecule has 0 saturated carbocycles. The van der Waals surface area contributed by atoms with E-state index in [1.165, 1.54) is 27.7 Å². The Morgan fingerprint density at radius 3 is 2.59 bits per heavy atom. The molecular weight excluding hydrogens is 436 g/mol. The summed E-state index contributed by atoms with van der Waals surface area (Å²) in [5.41, 5.74) is 10.9. The van der Waals surface area contributed by atoms with E-state index in [9.17, 15) is 18.0 Å². The lowest BCUT2D eigenvalue weighted by molar-refractivity contribution is -0.131. The highest BCUT2D eigenvalue weighted by atomic mass is 32.2. The van der Waals surface area contributed by atoms with Crippen LogP contribution in [0.4, 0.5) is 5.69 Å². The molecule has 0 spiro atoms. The summed E-state index contributed by atoms with van der Waals surface area (Å²) >= 11 is 0. The number of anilines is 1. The van der Waals surface area contributed by atoms with Gasteiger partial charge in [-0.25, -0.2) is 8.42 Å². The van der Waals surface area contributed by atoms with Crippen molar-refractivity contribution in [3.63, 3.8) is 0 Å². The number of nitrogens with zero attached hydrogens (tertiary/aromatic N) is 3. The van der Waals surface area contributed by atoms with Crippen LogP contribution in [0.5, 0.6) is 0 Å². The lowest BCUT2D eigenvalue weighted by atomic mass is 10.2. The normalized spacial score (nSPS) is 11.0. The van der Waals surface area contributed by atoms with Crippen LogP contribution in [0.25, 0.3) is 0 Å². The summed E-state index contributed by atoms with van der Waals surface area (Å²) in [6, 6.07) is 9.36. The van der Waals surface area contributed by atoms with Crippen LogP contribution in [0.2, 0.25) is 0 Å². The number of likely N-dealkylation sites (N-methyl/N-ethyl adjacent to an activating group) is 1. The molecule has 11 nitrogen and oxygen atoms in total. The van der Waals surface area contributed by atoms with Gasteiger partial charge in [0, 0.05) is 12.7 Å². The number of aromatic nitrogens is 1. The predicted octanol–water partition coefficient (Wildman–Crippen LogP) is 0.183. The molecule has 1 aromatic carbocycles. The van der Waals surface area contributed by atoms with Gasteiger partial charge in [-0.3, -0.25) is 14.3 Å². The maximum Gasteiger partial charge on any atom is 0.275 e. The van der Waals surface area contributed by atoms with Crippen molar-refractivity contribution in [1.82, 2.24) is 9.47 Å². The average Bonchev–Trinajstić information content (AvgIpc) is 2.73. The lowest BCUT2D eigenvalue weighted by Gasteiger charge is -2.19. The first-order valence-corrected chi connectivity index (χ1v) is 11.3. The fourth-order valence-corrected chi connectivity index (χ4v) is 4.00. The maximum atomic E-state index is 13.0. The Morgan fingerprint density at radius 2 is 1.97 bits per heavy atom. The number of aryl methyl sites for hydroxylation is 2. The first kappa shape index (κ1) is 24.7. The Morgan fingerprint density at radius 1 is 1.25 bits per heavy atom. The van der Waals surface area contributed by atoms with Crippen molar-refractivity contribution in [2.24, 2.45) is 16.6 Å². The average molecular weight is 465 g/mol. The maximum absolute atomic E-state index is 13.0. The number of hydrogen-bond acceptors (Lipinski definition) is 6. The van der Waals surface area contributed by atoms with Crippen molar-refractivity contribution in [2.45, 2.75) is 31.7 Å². The Balaban J connectivity index is 2.23. The Hall–Kier alpha value is -3.54. The van der Waals surface area contributed by atoms with Gasteiger partial charge >= 0.3 is 0 Å². The smallest absolute Gasteiger partial charge is 0.275 e. The number of sulfonamides is 1. The summed E-state index contributed by atoms with van der Waals surface area (Å²) in [7, 11) is -2.43. The molecule has 0 fully saturated rings. The number of amides is 1. The molecule has 5 N–H and O–H groups in total. The van der Waals surface area contributed by atoms with Gasteiger partial charge in [-0.05, 0) is 48.3 Å². The van der Waals surface area contributed by atoms with Crippen LogP contribution in [-0.4, -0.2) is 50.0 Å². The molecule has 1 aromatic heterocycles. The molecule has 0 unspecified atom stereocenters. The molecule has 2 aromatic rings. The number of nitrogens with two attached hydrogens (primary N) is 2. The van der Waals surface area contributed by atoms with E-state index in [4.69, 9.17) is 16.3 Å². The topological polar surface area (TPSA) is 162 Å². The van der Waals surface area contributed by atoms with Crippen LogP contribution in [0.1, 0.15) is 18.2 Å². The number of carbonyl (C=O) groups is 1. The number of rotatable bonds is 10. The molecule has 174 valence electrons. The molecule has 0 radical (unpaired) electrons. The van der Waals surface area contributed by atoms with E-state index in [2.05, 4.69) is 9.88 Å². The summed E-state index contributed by atoms with van der Waals surface area (Å²) in [5, 5.41) is 3.37. The van der Waals surface area contributed by atoms with Gasteiger partial charge < -0.3 is 25.8 Å². The fourth-order valence-electron chi connectivity index (χ4n) is 2.84. The third kappa shape index (κ3) is 6.48. The van der Waals surface area contributed by atoms with Gasteiger partial charge in [0.2, 0.25) is 11.9 Å². The van der Waals surface area contributed by atoms with Crippen molar-refractivity contribution in [3.05, 3.63) is 58.0 Å². The fraction of sp³-hybridized carbons (Fsp3) is 0.350. The summed E-state index contributed by atoms with van der Waals surface area (Å²) in [6.07, 6.45) is 0.477. The molecule has 0 bridgehead atoms. The first-order chi connectivity index (χ1) is 15.0. The standard InChI is InChI=1S/C20H28N6O5S/c1-4-15-8-9-17(24-32(29,30)16-7-5-6-14(2)12-16)19(28)26(15)13-18(27)25(3)10-11-31-23-20(21)22/h5-9,12,24H,4,10-11,13H2,1-3H3,(H4,21,22,23). The van der Waals surface area contributed by atoms with E-state index in [1.54, 1.807) is 32.2 Å². The van der Waals surface area contributed by atoms with Crippen LogP contribution in [0, 0.1) is 6.92 Å². The van der Waals surface area contributed by atoms with Crippen LogP contribution in [-0.2, 0) is 32.6 Å². The second kappa shape index (κ2) is 10.7. The third-order valence-electron chi connectivity index (χ3n) is 4.58. The molecule has 1 amide bonds. The minimum atomic E-state index is -3.97. The Labute approximate surface area is 186 Å². The van der Waals surface area contributed by atoms with E-state index >= 15 is 0 Å². The summed E-state index contributed by atoms with van der Waals surface area (Å²) in [6.45, 7) is 3.59. The van der Waals surface area contributed by atoms with Crippen molar-refractivity contribution in [2.75, 3.05) is 24.9 Å². The zero-order chi connectivity index (χ0) is 23.9. The van der Waals surface area contributed by atoms with Crippen LogP contribution in [0.15, 0.2) is 51.2 Å². The van der Waals surface area contributed by atoms with Crippen LogP contribution in [0.3, 0.4) is 0 Å². The van der Waals surface area contributed by atoms with Crippen molar-refractivity contribution in [3.8, 4) is 0 Å². The van der Waals surface area contributed by atoms with Gasteiger partial charge in [-0.2, -0.15) is 0 Å². The monoisotopic (exact) mass is 464 g/mol. The van der Waals surface area contributed by atoms with E-state index in [0.717, 1.165) is 5.56 Å². The van der Waals surface area contributed by atoms with Crippen molar-refractivity contribution in [1.29, 1.82) is 0 Å². The molecule has 32 heavy (non-hydrogen) atoms. The summed E-state index contributed by atoms with van der Waals surface area (Å²) < 4.78 is 29.0. The SMILES string of the molecule is CCc1ccc(NS(=O)(=O)c2cccc(C)c2)c(=O)n1CC(=O)N(C)CCON=C(N)N. The minimum absolute atomic E-state index is 0.0413. The number of pyridine rings is 1. The van der Waals surface area contributed by atoms with Gasteiger partial charge in [-0.15, -0.1) is 0 Å². The second-order valence-electron chi connectivity index (χ2n) is 7.07. The van der Waals surface area contributed by atoms with Gasteiger partial charge in [0.15, 0.2) is 0 Å². The number of carbonyl (C=O) groups excluding carboxylic acids is 1. The van der Waals surface area contributed by atoms with E-state index in [1.807, 2.05) is 6.92 Å². The highest BCUT2D eigenvalue weighted by molar-refractivity contribution is 7.92. The highest BCUT2D eigenvalue weighted by Crippen LogP contribution is 2.15. The molecule has 2 rings (SSSR count). The number of nitrogens with one attached hydrogen (secondary N) is 1. The molecule has 0 aliphatic rings. The molecule has 0 aliphatic carbocycles. The summed E-state index contributed by atoms with van der Waals surface area (Å²) in [4.78, 5) is 31.9. The molecule has 1 heterocycles. The molecule has 0 saturated heterocycles. The number of guanidine groups is 1. The van der Waals surface area contributed by atoms with E-state index in [-0.39, 0.29) is 42.1 Å². The molecular formula is C20H28N6O5S. The Kier molecular flexibility index (Phi) is 8.24. The Bertz CT molecular complexity index is 1160. The van der Waals surface area contributed by atoms with Crippen LogP contribution < -0.4 is 21.7 Å². The van der Waals surface area contributed by atoms with Crippen molar-refractivity contribution >= 4 is 27.6 Å². The second-order valence-corrected chi connectivity index (χ2v) is 8.75. The molecule has 0 aliphatic heterocycles. The van der Waals surface area contributed by atoms with Gasteiger partial charge in [-0.1, -0.05) is 19.1 Å². The minimum Gasteiger partial charge on any atom is -0.391 e. The third-order valence-corrected chi connectivity index (χ3v) is 5.94. The highest BCUT2D eigenvalue weighted by Gasteiger charge is 2.19. The zero-order valence-corrected chi connectivity index (χ0v) is 19.1. The molecule has 12 heteroatoms. The summed E-state index contributed by atoms with van der Waals surface area (Å²) in [5.74, 6) is -0.600.